The molecule has 1 heterocycles. The molecule has 1 N–H and O–H groups in total. The first-order valence-corrected chi connectivity index (χ1v) is 9.01. The van der Waals surface area contributed by atoms with Crippen LogP contribution in [0.3, 0.4) is 0 Å². The maximum absolute atomic E-state index is 6.00. The largest absolute Gasteiger partial charge is 0.487 e. The van der Waals surface area contributed by atoms with Crippen LogP contribution in [0.25, 0.3) is 0 Å². The van der Waals surface area contributed by atoms with Gasteiger partial charge in [0.15, 0.2) is 0 Å². The topological polar surface area (TPSA) is 37.4 Å². The number of rotatable bonds is 9. The molecule has 1 aromatic heterocycles. The molecular formula is C21H31N3O. The van der Waals surface area contributed by atoms with Gasteiger partial charge < -0.3 is 15.0 Å². The molecule has 0 aliphatic rings. The van der Waals surface area contributed by atoms with Crippen molar-refractivity contribution in [3.63, 3.8) is 0 Å². The van der Waals surface area contributed by atoms with E-state index in [0.717, 1.165) is 31.1 Å². The van der Waals surface area contributed by atoms with Crippen LogP contribution < -0.4 is 10.1 Å². The molecule has 0 radical (unpaired) electrons. The quantitative estimate of drug-likeness (QED) is 0.706. The van der Waals surface area contributed by atoms with Gasteiger partial charge in [-0.15, -0.1) is 0 Å². The number of aromatic nitrogens is 1. The van der Waals surface area contributed by atoms with Crippen LogP contribution in [0.15, 0.2) is 36.5 Å². The molecule has 0 aliphatic carbocycles. The van der Waals surface area contributed by atoms with Gasteiger partial charge in [-0.1, -0.05) is 18.2 Å². The number of pyridine rings is 1. The van der Waals surface area contributed by atoms with E-state index in [4.69, 9.17) is 4.74 Å². The van der Waals surface area contributed by atoms with Crippen LogP contribution in [0.4, 0.5) is 0 Å². The number of aryl methyl sites for hydroxylation is 2. The molecule has 0 amide bonds. The van der Waals surface area contributed by atoms with Crippen LogP contribution in [-0.2, 0) is 13.2 Å². The van der Waals surface area contributed by atoms with Gasteiger partial charge in [0.1, 0.15) is 12.4 Å². The first-order valence-electron chi connectivity index (χ1n) is 9.01. The van der Waals surface area contributed by atoms with Gasteiger partial charge in [-0.2, -0.15) is 0 Å². The van der Waals surface area contributed by atoms with E-state index < -0.39 is 0 Å². The molecule has 0 spiro atoms. The second kappa shape index (κ2) is 9.54. The Morgan fingerprint density at radius 3 is 2.48 bits per heavy atom. The molecule has 4 nitrogen and oxygen atoms in total. The summed E-state index contributed by atoms with van der Waals surface area (Å²) >= 11 is 0. The fraction of sp³-hybridized carbons (Fsp3) is 0.476. The van der Waals surface area contributed by atoms with E-state index in [1.807, 2.05) is 18.2 Å². The Morgan fingerprint density at radius 1 is 1.16 bits per heavy atom. The predicted octanol–water partition coefficient (Wildman–Crippen LogP) is 3.71. The van der Waals surface area contributed by atoms with Gasteiger partial charge >= 0.3 is 0 Å². The summed E-state index contributed by atoms with van der Waals surface area (Å²) in [6.07, 6.45) is 1.80. The van der Waals surface area contributed by atoms with E-state index in [1.165, 1.54) is 16.7 Å². The van der Waals surface area contributed by atoms with Crippen LogP contribution >= 0.6 is 0 Å². The van der Waals surface area contributed by atoms with Crippen molar-refractivity contribution < 1.29 is 4.74 Å². The summed E-state index contributed by atoms with van der Waals surface area (Å²) in [4.78, 5) is 6.65. The van der Waals surface area contributed by atoms with Crippen molar-refractivity contribution in [1.82, 2.24) is 15.2 Å². The minimum absolute atomic E-state index is 0.502. The lowest BCUT2D eigenvalue weighted by Crippen LogP contribution is -2.33. The number of ether oxygens (including phenoxy) is 1. The van der Waals surface area contributed by atoms with Gasteiger partial charge in [-0.25, -0.2) is 0 Å². The molecule has 0 saturated heterocycles. The molecule has 0 unspecified atom stereocenters. The van der Waals surface area contributed by atoms with Crippen molar-refractivity contribution in [3.05, 3.63) is 58.9 Å². The lowest BCUT2D eigenvalue weighted by Gasteiger charge is -2.21. The lowest BCUT2D eigenvalue weighted by atomic mass is 10.1. The van der Waals surface area contributed by atoms with E-state index in [-0.39, 0.29) is 0 Å². The summed E-state index contributed by atoms with van der Waals surface area (Å²) in [6.45, 7) is 12.1. The Labute approximate surface area is 152 Å². The van der Waals surface area contributed by atoms with E-state index in [9.17, 15) is 0 Å². The summed E-state index contributed by atoms with van der Waals surface area (Å²) < 4.78 is 6.00. The van der Waals surface area contributed by atoms with Gasteiger partial charge in [0.2, 0.25) is 0 Å². The average Bonchev–Trinajstić information content (AvgIpc) is 2.58. The van der Waals surface area contributed by atoms with Crippen molar-refractivity contribution in [1.29, 1.82) is 0 Å². The van der Waals surface area contributed by atoms with Crippen LogP contribution in [0.5, 0.6) is 5.75 Å². The van der Waals surface area contributed by atoms with Gasteiger partial charge in [0, 0.05) is 31.9 Å². The predicted molar refractivity (Wildman–Crippen MR) is 104 cm³/mol. The molecule has 0 bridgehead atoms. The first-order chi connectivity index (χ1) is 12.0. The fourth-order valence-electron chi connectivity index (χ4n) is 2.75. The summed E-state index contributed by atoms with van der Waals surface area (Å²) in [7, 11) is 2.16. The zero-order chi connectivity index (χ0) is 18.2. The second-order valence-electron chi connectivity index (χ2n) is 6.92. The molecule has 25 heavy (non-hydrogen) atoms. The molecule has 0 atom stereocenters. The lowest BCUT2D eigenvalue weighted by molar-refractivity contribution is 0.273. The van der Waals surface area contributed by atoms with Crippen LogP contribution in [-0.4, -0.2) is 36.1 Å². The van der Waals surface area contributed by atoms with E-state index in [0.29, 0.717) is 12.6 Å². The zero-order valence-corrected chi connectivity index (χ0v) is 16.2. The number of likely N-dealkylation sites (N-methyl/N-ethyl adjacent to an activating group) is 1. The molecule has 1 aromatic carbocycles. The molecular weight excluding hydrogens is 310 g/mol. The Morgan fingerprint density at radius 2 is 1.88 bits per heavy atom. The van der Waals surface area contributed by atoms with Gasteiger partial charge in [0.05, 0.1) is 5.69 Å². The minimum Gasteiger partial charge on any atom is -0.487 e. The third kappa shape index (κ3) is 6.15. The van der Waals surface area contributed by atoms with Crippen LogP contribution in [0.1, 0.15) is 36.2 Å². The number of benzene rings is 1. The molecule has 0 fully saturated rings. The van der Waals surface area contributed by atoms with Crippen molar-refractivity contribution in [2.45, 2.75) is 46.9 Å². The highest BCUT2D eigenvalue weighted by Crippen LogP contribution is 2.25. The standard InChI is InChI=1S/C21H31N3O/c1-16(2)24(5)11-10-22-14-19-12-17(3)21(18(4)13-19)25-15-20-8-6-7-9-23-20/h6-9,12-13,16,22H,10-11,14-15H2,1-5H3. The summed E-state index contributed by atoms with van der Waals surface area (Å²) in [5, 5.41) is 3.53. The van der Waals surface area contributed by atoms with Gasteiger partial charge in [-0.05, 0) is 63.6 Å². The van der Waals surface area contributed by atoms with Crippen molar-refractivity contribution in [2.24, 2.45) is 0 Å². The molecule has 4 heteroatoms. The highest BCUT2D eigenvalue weighted by molar-refractivity contribution is 5.43. The third-order valence-electron chi connectivity index (χ3n) is 4.46. The maximum Gasteiger partial charge on any atom is 0.130 e. The average molecular weight is 341 g/mol. The molecule has 0 saturated carbocycles. The SMILES string of the molecule is Cc1cc(CNCCN(C)C(C)C)cc(C)c1OCc1ccccn1. The Balaban J connectivity index is 1.88. The smallest absolute Gasteiger partial charge is 0.130 e. The number of nitrogens with one attached hydrogen (secondary N) is 1. The van der Waals surface area contributed by atoms with Gasteiger partial charge in [0.25, 0.3) is 0 Å². The monoisotopic (exact) mass is 341 g/mol. The molecule has 0 aliphatic heterocycles. The summed E-state index contributed by atoms with van der Waals surface area (Å²) in [5.41, 5.74) is 4.59. The van der Waals surface area contributed by atoms with Crippen molar-refractivity contribution >= 4 is 0 Å². The molecule has 2 rings (SSSR count). The van der Waals surface area contributed by atoms with E-state index in [1.54, 1.807) is 6.20 Å². The number of hydrogen-bond donors (Lipinski definition) is 1. The normalized spacial score (nSPS) is 11.3. The highest BCUT2D eigenvalue weighted by atomic mass is 16.5. The van der Waals surface area contributed by atoms with E-state index in [2.05, 4.69) is 62.1 Å². The number of nitrogens with zero attached hydrogens (tertiary/aromatic N) is 2. The number of hydrogen-bond acceptors (Lipinski definition) is 4. The third-order valence-corrected chi connectivity index (χ3v) is 4.46. The minimum atomic E-state index is 0.502. The molecule has 2 aromatic rings. The summed E-state index contributed by atoms with van der Waals surface area (Å²) in [5.74, 6) is 0.967. The van der Waals surface area contributed by atoms with Crippen molar-refractivity contribution in [3.8, 4) is 5.75 Å². The zero-order valence-electron chi connectivity index (χ0n) is 16.2. The Hall–Kier alpha value is -1.91. The fourth-order valence-corrected chi connectivity index (χ4v) is 2.75. The van der Waals surface area contributed by atoms with Gasteiger partial charge in [-0.3, -0.25) is 4.98 Å². The maximum atomic E-state index is 6.00. The van der Waals surface area contributed by atoms with E-state index >= 15 is 0 Å². The molecule has 136 valence electrons. The Bertz CT molecular complexity index is 632. The second-order valence-corrected chi connectivity index (χ2v) is 6.92. The highest BCUT2D eigenvalue weighted by Gasteiger charge is 2.08. The first kappa shape index (κ1) is 19.4. The van der Waals surface area contributed by atoms with Crippen LogP contribution in [0, 0.1) is 13.8 Å². The van der Waals surface area contributed by atoms with Crippen LogP contribution in [0.2, 0.25) is 0 Å². The summed E-state index contributed by atoms with van der Waals surface area (Å²) in [6, 6.07) is 10.9. The van der Waals surface area contributed by atoms with Crippen molar-refractivity contribution in [2.75, 3.05) is 20.1 Å². The Kier molecular flexibility index (Phi) is 7.41.